The first-order valence-corrected chi connectivity index (χ1v) is 9.24. The van der Waals surface area contributed by atoms with Crippen molar-refractivity contribution in [3.05, 3.63) is 65.8 Å². The van der Waals surface area contributed by atoms with Gasteiger partial charge in [0, 0.05) is 5.69 Å². The number of nitrogens with zero attached hydrogens (tertiary/aromatic N) is 2. The number of anilines is 1. The zero-order valence-corrected chi connectivity index (χ0v) is 15.6. The molecule has 1 aromatic heterocycles. The van der Waals surface area contributed by atoms with Crippen molar-refractivity contribution >= 4 is 23.4 Å². The van der Waals surface area contributed by atoms with Crippen molar-refractivity contribution in [1.29, 1.82) is 0 Å². The van der Waals surface area contributed by atoms with Crippen molar-refractivity contribution in [2.45, 2.75) is 25.2 Å². The number of aryl methyl sites for hydroxylation is 1. The highest BCUT2D eigenvalue weighted by atomic mass is 32.2. The van der Waals surface area contributed by atoms with E-state index in [0.717, 1.165) is 23.0 Å². The van der Waals surface area contributed by atoms with Gasteiger partial charge in [0.1, 0.15) is 0 Å². The van der Waals surface area contributed by atoms with Crippen LogP contribution in [0.15, 0.2) is 58.2 Å². The lowest BCUT2D eigenvalue weighted by Crippen LogP contribution is -2.14. The first kappa shape index (κ1) is 18.9. The monoisotopic (exact) mass is 387 g/mol. The highest BCUT2D eigenvalue weighted by molar-refractivity contribution is 7.99. The highest BCUT2D eigenvalue weighted by Gasteiger charge is 2.18. The molecule has 0 saturated carbocycles. The predicted molar refractivity (Wildman–Crippen MR) is 100 cm³/mol. The number of rotatable bonds is 7. The van der Waals surface area contributed by atoms with Gasteiger partial charge in [0.05, 0.1) is 5.75 Å². The van der Waals surface area contributed by atoms with E-state index in [4.69, 9.17) is 9.15 Å². The molecule has 0 saturated heterocycles. The molecule has 0 bridgehead atoms. The first-order valence-electron chi connectivity index (χ1n) is 8.26. The van der Waals surface area contributed by atoms with Crippen molar-refractivity contribution < 1.29 is 18.3 Å². The Morgan fingerprint density at radius 3 is 2.74 bits per heavy atom. The van der Waals surface area contributed by atoms with Crippen molar-refractivity contribution in [1.82, 2.24) is 10.2 Å². The quantitative estimate of drug-likeness (QED) is 0.606. The number of amides is 1. The third kappa shape index (κ3) is 5.07. The number of hydrogen-bond acceptors (Lipinski definition) is 6. The summed E-state index contributed by atoms with van der Waals surface area (Å²) in [5, 5.41) is 10.9. The van der Waals surface area contributed by atoms with Crippen LogP contribution in [0.2, 0.25) is 0 Å². The number of para-hydroxylation sites is 2. The van der Waals surface area contributed by atoms with Gasteiger partial charge in [-0.2, -0.15) is 0 Å². The smallest absolute Gasteiger partial charge is 0.277 e. The molecule has 6 nitrogen and oxygen atoms in total. The van der Waals surface area contributed by atoms with E-state index in [1.165, 1.54) is 12.1 Å². The molecule has 8 heteroatoms. The van der Waals surface area contributed by atoms with E-state index in [2.05, 4.69) is 15.5 Å². The SMILES string of the molecule is Cc1ccccc1NC(=O)CSc1nnc([C@H](C)Oc2ccccc2F)o1. The molecule has 1 N–H and O–H groups in total. The minimum absolute atomic E-state index is 0.106. The van der Waals surface area contributed by atoms with Gasteiger partial charge in [-0.1, -0.05) is 42.1 Å². The van der Waals surface area contributed by atoms with Crippen LogP contribution in [0.3, 0.4) is 0 Å². The van der Waals surface area contributed by atoms with Gasteiger partial charge in [-0.3, -0.25) is 4.79 Å². The summed E-state index contributed by atoms with van der Waals surface area (Å²) in [6.07, 6.45) is -0.621. The molecule has 3 aromatic rings. The Labute approximate surface area is 160 Å². The average Bonchev–Trinajstić information content (AvgIpc) is 3.13. The average molecular weight is 387 g/mol. The van der Waals surface area contributed by atoms with E-state index in [9.17, 15) is 9.18 Å². The number of nitrogens with one attached hydrogen (secondary N) is 1. The number of ether oxygens (including phenoxy) is 1. The van der Waals surface area contributed by atoms with Gasteiger partial charge in [-0.25, -0.2) is 4.39 Å². The normalized spacial score (nSPS) is 11.8. The van der Waals surface area contributed by atoms with Crippen molar-refractivity contribution in [2.75, 3.05) is 11.1 Å². The topological polar surface area (TPSA) is 77.2 Å². The number of carbonyl (C=O) groups excluding carboxylic acids is 1. The Bertz CT molecular complexity index is 932. The molecule has 0 aliphatic heterocycles. The summed E-state index contributed by atoms with van der Waals surface area (Å²) in [4.78, 5) is 12.1. The molecule has 0 aliphatic carbocycles. The van der Waals surface area contributed by atoms with E-state index in [1.807, 2.05) is 31.2 Å². The van der Waals surface area contributed by atoms with E-state index in [1.54, 1.807) is 19.1 Å². The molecule has 140 valence electrons. The lowest BCUT2D eigenvalue weighted by atomic mass is 10.2. The van der Waals surface area contributed by atoms with E-state index >= 15 is 0 Å². The van der Waals surface area contributed by atoms with Gasteiger partial charge < -0.3 is 14.5 Å². The summed E-state index contributed by atoms with van der Waals surface area (Å²) < 4.78 is 24.6. The lowest BCUT2D eigenvalue weighted by Gasteiger charge is -2.11. The summed E-state index contributed by atoms with van der Waals surface area (Å²) in [6, 6.07) is 13.6. The molecule has 0 aliphatic rings. The van der Waals surface area contributed by atoms with Gasteiger partial charge in [-0.15, -0.1) is 10.2 Å². The van der Waals surface area contributed by atoms with Crippen LogP contribution in [-0.2, 0) is 4.79 Å². The van der Waals surface area contributed by atoms with Crippen LogP contribution in [0.25, 0.3) is 0 Å². The van der Waals surface area contributed by atoms with Crippen LogP contribution in [0.4, 0.5) is 10.1 Å². The molecule has 27 heavy (non-hydrogen) atoms. The largest absolute Gasteiger partial charge is 0.478 e. The Morgan fingerprint density at radius 1 is 1.22 bits per heavy atom. The highest BCUT2D eigenvalue weighted by Crippen LogP contribution is 2.25. The fourth-order valence-electron chi connectivity index (χ4n) is 2.25. The molecule has 1 amide bonds. The first-order chi connectivity index (χ1) is 13.0. The van der Waals surface area contributed by atoms with Crippen LogP contribution >= 0.6 is 11.8 Å². The molecule has 0 radical (unpaired) electrons. The Hall–Kier alpha value is -2.87. The van der Waals surface area contributed by atoms with Gasteiger partial charge in [0.25, 0.3) is 11.1 Å². The van der Waals surface area contributed by atoms with Crippen LogP contribution in [0, 0.1) is 12.7 Å². The van der Waals surface area contributed by atoms with Crippen molar-refractivity contribution in [2.24, 2.45) is 0 Å². The minimum atomic E-state index is -0.621. The van der Waals surface area contributed by atoms with Gasteiger partial charge in [-0.05, 0) is 37.6 Å². The van der Waals surface area contributed by atoms with Crippen LogP contribution in [0.5, 0.6) is 5.75 Å². The fourth-order valence-corrected chi connectivity index (χ4v) is 2.82. The van der Waals surface area contributed by atoms with Gasteiger partial charge >= 0.3 is 0 Å². The molecule has 1 heterocycles. The summed E-state index contributed by atoms with van der Waals surface area (Å²) in [6.45, 7) is 3.60. The predicted octanol–water partition coefficient (Wildman–Crippen LogP) is 4.39. The van der Waals surface area contributed by atoms with Crippen molar-refractivity contribution in [3.63, 3.8) is 0 Å². The molecule has 0 spiro atoms. The van der Waals surface area contributed by atoms with Crippen LogP contribution in [-0.4, -0.2) is 21.9 Å². The molecule has 1 atom stereocenters. The maximum Gasteiger partial charge on any atom is 0.277 e. The Balaban J connectivity index is 1.54. The van der Waals surface area contributed by atoms with E-state index in [-0.39, 0.29) is 28.5 Å². The van der Waals surface area contributed by atoms with E-state index in [0.29, 0.717) is 0 Å². The zero-order chi connectivity index (χ0) is 19.2. The second-order valence-corrected chi connectivity index (χ2v) is 6.68. The summed E-state index contributed by atoms with van der Waals surface area (Å²) in [7, 11) is 0. The molecule has 2 aromatic carbocycles. The summed E-state index contributed by atoms with van der Waals surface area (Å²) in [5.41, 5.74) is 1.75. The third-order valence-corrected chi connectivity index (χ3v) is 4.47. The molecule has 3 rings (SSSR count). The number of benzene rings is 2. The van der Waals surface area contributed by atoms with E-state index < -0.39 is 11.9 Å². The Morgan fingerprint density at radius 2 is 1.96 bits per heavy atom. The maximum absolute atomic E-state index is 13.6. The second-order valence-electron chi connectivity index (χ2n) is 5.75. The Kier molecular flexibility index (Phi) is 6.08. The summed E-state index contributed by atoms with van der Waals surface area (Å²) >= 11 is 1.12. The van der Waals surface area contributed by atoms with Gasteiger partial charge in [0.2, 0.25) is 5.91 Å². The van der Waals surface area contributed by atoms with Crippen LogP contribution < -0.4 is 10.1 Å². The minimum Gasteiger partial charge on any atom is -0.478 e. The van der Waals surface area contributed by atoms with Crippen molar-refractivity contribution in [3.8, 4) is 5.75 Å². The molecule has 0 unspecified atom stereocenters. The number of halogens is 1. The lowest BCUT2D eigenvalue weighted by molar-refractivity contribution is -0.113. The molecule has 0 fully saturated rings. The third-order valence-electron chi connectivity index (χ3n) is 3.66. The number of thioether (sulfide) groups is 1. The molecular weight excluding hydrogens is 369 g/mol. The maximum atomic E-state index is 13.6. The number of aromatic nitrogens is 2. The summed E-state index contributed by atoms with van der Waals surface area (Å²) in [5.74, 6) is -0.204. The number of carbonyl (C=O) groups is 1. The zero-order valence-electron chi connectivity index (χ0n) is 14.8. The number of hydrogen-bond donors (Lipinski definition) is 1. The van der Waals surface area contributed by atoms with Crippen LogP contribution in [0.1, 0.15) is 24.5 Å². The fraction of sp³-hybridized carbons (Fsp3) is 0.211. The van der Waals surface area contributed by atoms with Gasteiger partial charge in [0.15, 0.2) is 17.7 Å². The second kappa shape index (κ2) is 8.68. The standard InChI is InChI=1S/C19H18FN3O3S/c1-12-7-3-5-9-15(12)21-17(24)11-27-19-23-22-18(26-19)13(2)25-16-10-6-4-8-14(16)20/h3-10,13H,11H2,1-2H3,(H,21,24)/t13-/m0/s1. The molecular formula is C19H18FN3O3S.